The van der Waals surface area contributed by atoms with Crippen molar-refractivity contribution in [2.45, 2.75) is 38.8 Å². The molecule has 1 unspecified atom stereocenters. The molecule has 1 N–H and O–H groups in total. The van der Waals surface area contributed by atoms with Gasteiger partial charge in [-0.2, -0.15) is 0 Å². The molecule has 0 saturated carbocycles. The topological polar surface area (TPSA) is 69.7 Å². The first-order valence-electron chi connectivity index (χ1n) is 13.7. The summed E-state index contributed by atoms with van der Waals surface area (Å²) >= 11 is 3.52. The molecule has 0 spiro atoms. The van der Waals surface area contributed by atoms with Crippen molar-refractivity contribution < 1.29 is 14.4 Å². The first-order chi connectivity index (χ1) is 19.5. The Hall–Kier alpha value is -3.97. The zero-order chi connectivity index (χ0) is 28.1. The average Bonchev–Trinajstić information content (AvgIpc) is 3.23. The molecular formula is C33H32BrN3O3. The minimum Gasteiger partial charge on any atom is -0.355 e. The molecule has 40 heavy (non-hydrogen) atoms. The number of hydrogen-bond acceptors (Lipinski definition) is 3. The molecule has 0 aliphatic carbocycles. The Morgan fingerprint density at radius 1 is 0.925 bits per heavy atom. The Bertz CT molecular complexity index is 1530. The fourth-order valence-electron chi connectivity index (χ4n) is 5.41. The van der Waals surface area contributed by atoms with E-state index in [0.717, 1.165) is 32.1 Å². The molecule has 4 aromatic rings. The number of nitrogens with one attached hydrogen (secondary N) is 1. The maximum Gasteiger partial charge on any atom is 0.258 e. The fourth-order valence-corrected chi connectivity index (χ4v) is 5.86. The summed E-state index contributed by atoms with van der Waals surface area (Å²) in [6, 6.07) is 28.6. The number of hydrogen-bond donors (Lipinski definition) is 1. The SMILES string of the molecule is CCNC(=O)C(Cc1ccccc1)N(Cc1cccc(Br)c1)C(=O)CCCN1C(=O)c2cccc3cccc1c23. The van der Waals surface area contributed by atoms with Gasteiger partial charge in [-0.15, -0.1) is 0 Å². The summed E-state index contributed by atoms with van der Waals surface area (Å²) in [6.07, 6.45) is 1.11. The molecule has 0 aromatic heterocycles. The molecule has 204 valence electrons. The Kier molecular flexibility index (Phi) is 8.60. The summed E-state index contributed by atoms with van der Waals surface area (Å²) in [5, 5.41) is 4.94. The van der Waals surface area contributed by atoms with Crippen LogP contribution in [0.1, 0.15) is 41.3 Å². The molecule has 0 bridgehead atoms. The van der Waals surface area contributed by atoms with E-state index >= 15 is 0 Å². The minimum atomic E-state index is -0.666. The van der Waals surface area contributed by atoms with E-state index < -0.39 is 6.04 Å². The third-order valence-electron chi connectivity index (χ3n) is 7.29. The highest BCUT2D eigenvalue weighted by atomic mass is 79.9. The third-order valence-corrected chi connectivity index (χ3v) is 7.78. The van der Waals surface area contributed by atoms with Gasteiger partial charge < -0.3 is 15.1 Å². The Morgan fingerprint density at radius 2 is 1.65 bits per heavy atom. The van der Waals surface area contributed by atoms with Crippen molar-refractivity contribution >= 4 is 50.1 Å². The first kappa shape index (κ1) is 27.6. The number of anilines is 1. The zero-order valence-corrected chi connectivity index (χ0v) is 24.1. The van der Waals surface area contributed by atoms with Crippen molar-refractivity contribution in [2.24, 2.45) is 0 Å². The van der Waals surface area contributed by atoms with Crippen LogP contribution in [0, 0.1) is 0 Å². The van der Waals surface area contributed by atoms with Crippen molar-refractivity contribution in [3.05, 3.63) is 112 Å². The van der Waals surface area contributed by atoms with Gasteiger partial charge in [-0.05, 0) is 54.1 Å². The lowest BCUT2D eigenvalue weighted by atomic mass is 10.0. The number of rotatable bonds is 11. The van der Waals surface area contributed by atoms with E-state index in [9.17, 15) is 14.4 Å². The molecule has 0 fully saturated rings. The predicted octanol–water partition coefficient (Wildman–Crippen LogP) is 6.12. The smallest absolute Gasteiger partial charge is 0.258 e. The number of amides is 3. The van der Waals surface area contributed by atoms with Gasteiger partial charge in [-0.25, -0.2) is 0 Å². The number of halogens is 1. The van der Waals surface area contributed by atoms with Gasteiger partial charge in [-0.3, -0.25) is 14.4 Å². The Balaban J connectivity index is 1.36. The van der Waals surface area contributed by atoms with Gasteiger partial charge in [0, 0.05) is 47.9 Å². The fraction of sp³-hybridized carbons (Fsp3) is 0.242. The van der Waals surface area contributed by atoms with Crippen LogP contribution in [0.15, 0.2) is 95.5 Å². The molecule has 0 saturated heterocycles. The van der Waals surface area contributed by atoms with E-state index in [2.05, 4.69) is 21.2 Å². The second-order valence-corrected chi connectivity index (χ2v) is 10.9. The maximum atomic E-state index is 13.9. The summed E-state index contributed by atoms with van der Waals surface area (Å²) < 4.78 is 0.913. The molecule has 4 aromatic carbocycles. The maximum absolute atomic E-state index is 13.9. The predicted molar refractivity (Wildman–Crippen MR) is 162 cm³/mol. The van der Waals surface area contributed by atoms with Gasteiger partial charge in [0.05, 0.1) is 5.69 Å². The van der Waals surface area contributed by atoms with Crippen molar-refractivity contribution in [1.82, 2.24) is 10.2 Å². The lowest BCUT2D eigenvalue weighted by Gasteiger charge is -2.32. The Morgan fingerprint density at radius 3 is 2.40 bits per heavy atom. The summed E-state index contributed by atoms with van der Waals surface area (Å²) in [5.41, 5.74) is 3.51. The molecule has 1 heterocycles. The molecule has 7 heteroatoms. The molecule has 1 aliphatic rings. The number of carbonyl (C=O) groups excluding carboxylic acids is 3. The second-order valence-electron chi connectivity index (χ2n) is 9.99. The van der Waals surface area contributed by atoms with Crippen LogP contribution in [0.2, 0.25) is 0 Å². The highest BCUT2D eigenvalue weighted by molar-refractivity contribution is 9.10. The van der Waals surface area contributed by atoms with Crippen LogP contribution < -0.4 is 10.2 Å². The normalized spacial score (nSPS) is 12.9. The van der Waals surface area contributed by atoms with Gasteiger partial charge in [0.25, 0.3) is 5.91 Å². The van der Waals surface area contributed by atoms with Crippen LogP contribution in [0.25, 0.3) is 10.8 Å². The summed E-state index contributed by atoms with van der Waals surface area (Å²) in [7, 11) is 0. The summed E-state index contributed by atoms with van der Waals surface area (Å²) in [5.74, 6) is -0.324. The number of likely N-dealkylation sites (N-methyl/N-ethyl adjacent to an activating group) is 1. The summed E-state index contributed by atoms with van der Waals surface area (Å²) in [4.78, 5) is 43.9. The van der Waals surface area contributed by atoms with Crippen molar-refractivity contribution in [2.75, 3.05) is 18.0 Å². The number of carbonyl (C=O) groups is 3. The molecule has 5 rings (SSSR count). The zero-order valence-electron chi connectivity index (χ0n) is 22.5. The summed E-state index contributed by atoms with van der Waals surface area (Å²) in [6.45, 7) is 3.09. The highest BCUT2D eigenvalue weighted by Gasteiger charge is 2.32. The molecule has 1 aliphatic heterocycles. The lowest BCUT2D eigenvalue weighted by Crippen LogP contribution is -2.50. The average molecular weight is 599 g/mol. The number of benzene rings is 4. The monoisotopic (exact) mass is 597 g/mol. The van der Waals surface area contributed by atoms with Crippen LogP contribution in [-0.2, 0) is 22.6 Å². The van der Waals surface area contributed by atoms with Gasteiger partial charge >= 0.3 is 0 Å². The third kappa shape index (κ3) is 5.94. The van der Waals surface area contributed by atoms with Gasteiger partial charge in [0.1, 0.15) is 6.04 Å². The molecule has 1 atom stereocenters. The molecule has 3 amide bonds. The highest BCUT2D eigenvalue weighted by Crippen LogP contribution is 2.37. The van der Waals surface area contributed by atoms with E-state index in [4.69, 9.17) is 0 Å². The second kappa shape index (κ2) is 12.5. The van der Waals surface area contributed by atoms with Crippen LogP contribution in [0.5, 0.6) is 0 Å². The van der Waals surface area contributed by atoms with Crippen molar-refractivity contribution in [3.8, 4) is 0 Å². The van der Waals surface area contributed by atoms with Gasteiger partial charge in [0.15, 0.2) is 0 Å². The first-order valence-corrected chi connectivity index (χ1v) is 14.4. The van der Waals surface area contributed by atoms with Gasteiger partial charge in [0.2, 0.25) is 11.8 Å². The quantitative estimate of drug-likeness (QED) is 0.226. The standard InChI is InChI=1S/C33H32BrN3O3/c1-2-35-32(39)29(21-23-10-4-3-5-11-23)37(22-24-12-6-15-26(34)20-24)30(38)18-9-19-36-28-17-8-14-25-13-7-16-27(31(25)28)33(36)40/h3-8,10-17,20,29H,2,9,18-19,21-22H2,1H3,(H,35,39). The van der Waals surface area contributed by atoms with Crippen LogP contribution >= 0.6 is 15.9 Å². The molecule has 6 nitrogen and oxygen atoms in total. The van der Waals surface area contributed by atoms with Crippen LogP contribution in [0.3, 0.4) is 0 Å². The van der Waals surface area contributed by atoms with E-state index in [1.807, 2.05) is 97.9 Å². The van der Waals surface area contributed by atoms with Crippen molar-refractivity contribution in [3.63, 3.8) is 0 Å². The van der Waals surface area contributed by atoms with E-state index in [0.29, 0.717) is 38.0 Å². The molecular weight excluding hydrogens is 566 g/mol. The Labute approximate surface area is 243 Å². The minimum absolute atomic E-state index is 0.0329. The van der Waals surface area contributed by atoms with Crippen LogP contribution in [0.4, 0.5) is 5.69 Å². The number of nitrogens with zero attached hydrogens (tertiary/aromatic N) is 2. The lowest BCUT2D eigenvalue weighted by molar-refractivity contribution is -0.141. The molecule has 0 radical (unpaired) electrons. The van der Waals surface area contributed by atoms with Crippen molar-refractivity contribution in [1.29, 1.82) is 0 Å². The van der Waals surface area contributed by atoms with E-state index in [-0.39, 0.29) is 24.1 Å². The van der Waals surface area contributed by atoms with E-state index in [1.54, 1.807) is 9.80 Å². The largest absolute Gasteiger partial charge is 0.355 e. The van der Waals surface area contributed by atoms with E-state index in [1.165, 1.54) is 0 Å². The van der Waals surface area contributed by atoms with Gasteiger partial charge in [-0.1, -0.05) is 82.7 Å². The van der Waals surface area contributed by atoms with Crippen LogP contribution in [-0.4, -0.2) is 41.8 Å².